The maximum absolute atomic E-state index is 3.51. The Bertz CT molecular complexity index is 315. The highest BCUT2D eigenvalue weighted by atomic mass is 14.9. The van der Waals surface area contributed by atoms with Gasteiger partial charge in [0.05, 0.1) is 0 Å². The average Bonchev–Trinajstić information content (AvgIpc) is 2.39. The van der Waals surface area contributed by atoms with Gasteiger partial charge in [-0.1, -0.05) is 44.5 Å². The van der Waals surface area contributed by atoms with Gasteiger partial charge < -0.3 is 5.32 Å². The van der Waals surface area contributed by atoms with Crippen LogP contribution < -0.4 is 5.32 Å². The average molecular weight is 217 g/mol. The van der Waals surface area contributed by atoms with Gasteiger partial charge >= 0.3 is 0 Å². The van der Waals surface area contributed by atoms with E-state index >= 15 is 0 Å². The minimum absolute atomic E-state index is 0.775. The highest BCUT2D eigenvalue weighted by Gasteiger charge is 2.24. The molecule has 1 saturated heterocycles. The van der Waals surface area contributed by atoms with Gasteiger partial charge in [0.25, 0.3) is 0 Å². The molecule has 1 heterocycles. The van der Waals surface area contributed by atoms with Crippen molar-refractivity contribution in [2.75, 3.05) is 13.1 Å². The van der Waals surface area contributed by atoms with Crippen LogP contribution >= 0.6 is 0 Å². The van der Waals surface area contributed by atoms with E-state index in [0.717, 1.165) is 18.3 Å². The molecule has 1 heteroatoms. The zero-order chi connectivity index (χ0) is 11.4. The minimum Gasteiger partial charge on any atom is -0.316 e. The summed E-state index contributed by atoms with van der Waals surface area (Å²) in [6.45, 7) is 6.90. The van der Waals surface area contributed by atoms with Gasteiger partial charge in [0, 0.05) is 0 Å². The quantitative estimate of drug-likeness (QED) is 0.818. The molecule has 1 fully saturated rings. The van der Waals surface area contributed by atoms with E-state index in [1.165, 1.54) is 31.5 Å². The SMILES string of the molecule is CCc1ccc(C2CCNCC2CC)cc1. The Balaban J connectivity index is 2.14. The first-order chi connectivity index (χ1) is 7.85. The maximum Gasteiger partial charge on any atom is -0.00148 e. The van der Waals surface area contributed by atoms with Crippen LogP contribution in [0.4, 0.5) is 0 Å². The molecule has 1 nitrogen and oxygen atoms in total. The summed E-state index contributed by atoms with van der Waals surface area (Å²) in [6, 6.07) is 9.28. The Kier molecular flexibility index (Phi) is 4.00. The fourth-order valence-electron chi connectivity index (χ4n) is 2.79. The van der Waals surface area contributed by atoms with Gasteiger partial charge in [0.15, 0.2) is 0 Å². The molecule has 0 bridgehead atoms. The standard InChI is InChI=1S/C15H23N/c1-3-12-5-7-14(8-6-12)15-9-10-16-11-13(15)4-2/h5-8,13,15-16H,3-4,9-11H2,1-2H3. The monoisotopic (exact) mass is 217 g/mol. The Morgan fingerprint density at radius 1 is 1.19 bits per heavy atom. The first-order valence-corrected chi connectivity index (χ1v) is 6.64. The molecule has 0 saturated carbocycles. The van der Waals surface area contributed by atoms with Crippen LogP contribution in [0.1, 0.15) is 43.7 Å². The molecule has 2 atom stereocenters. The lowest BCUT2D eigenvalue weighted by Gasteiger charge is -2.32. The third kappa shape index (κ3) is 2.46. The zero-order valence-corrected chi connectivity index (χ0v) is 10.5. The molecular weight excluding hydrogens is 194 g/mol. The van der Waals surface area contributed by atoms with Gasteiger partial charge in [0.1, 0.15) is 0 Å². The number of nitrogens with one attached hydrogen (secondary N) is 1. The van der Waals surface area contributed by atoms with E-state index < -0.39 is 0 Å². The van der Waals surface area contributed by atoms with Gasteiger partial charge in [-0.05, 0) is 48.9 Å². The Morgan fingerprint density at radius 3 is 2.56 bits per heavy atom. The number of aryl methyl sites for hydroxylation is 1. The molecule has 16 heavy (non-hydrogen) atoms. The van der Waals surface area contributed by atoms with Crippen LogP contribution in [0.2, 0.25) is 0 Å². The summed E-state index contributed by atoms with van der Waals surface area (Å²) >= 11 is 0. The molecule has 1 aromatic rings. The molecular formula is C15H23N. The molecule has 0 spiro atoms. The predicted molar refractivity (Wildman–Crippen MR) is 69.8 cm³/mol. The number of hydrogen-bond acceptors (Lipinski definition) is 1. The summed E-state index contributed by atoms with van der Waals surface area (Å²) in [5, 5.41) is 3.51. The van der Waals surface area contributed by atoms with E-state index in [4.69, 9.17) is 0 Å². The second-order valence-corrected chi connectivity index (χ2v) is 4.86. The van der Waals surface area contributed by atoms with Crippen molar-refractivity contribution in [3.8, 4) is 0 Å². The van der Waals surface area contributed by atoms with Crippen LogP contribution in [0.15, 0.2) is 24.3 Å². The second kappa shape index (κ2) is 5.49. The van der Waals surface area contributed by atoms with Crippen LogP contribution in [0.5, 0.6) is 0 Å². The molecule has 0 amide bonds. The maximum atomic E-state index is 3.51. The topological polar surface area (TPSA) is 12.0 Å². The fourth-order valence-corrected chi connectivity index (χ4v) is 2.79. The van der Waals surface area contributed by atoms with Crippen LogP contribution in [-0.4, -0.2) is 13.1 Å². The molecule has 0 aromatic heterocycles. The smallest absolute Gasteiger partial charge is 0.00148 e. The van der Waals surface area contributed by atoms with Crippen molar-refractivity contribution < 1.29 is 0 Å². The van der Waals surface area contributed by atoms with E-state index in [0.29, 0.717) is 0 Å². The number of benzene rings is 1. The highest BCUT2D eigenvalue weighted by molar-refractivity contribution is 5.26. The molecule has 0 aliphatic carbocycles. The highest BCUT2D eigenvalue weighted by Crippen LogP contribution is 2.32. The van der Waals surface area contributed by atoms with Crippen molar-refractivity contribution in [3.05, 3.63) is 35.4 Å². The van der Waals surface area contributed by atoms with E-state index in [1.54, 1.807) is 5.56 Å². The second-order valence-electron chi connectivity index (χ2n) is 4.86. The van der Waals surface area contributed by atoms with E-state index in [9.17, 15) is 0 Å². The number of rotatable bonds is 3. The van der Waals surface area contributed by atoms with Crippen LogP contribution in [-0.2, 0) is 6.42 Å². The molecule has 1 aliphatic rings. The van der Waals surface area contributed by atoms with Crippen molar-refractivity contribution in [1.29, 1.82) is 0 Å². The molecule has 1 aromatic carbocycles. The van der Waals surface area contributed by atoms with Gasteiger partial charge in [-0.2, -0.15) is 0 Å². The van der Waals surface area contributed by atoms with Crippen LogP contribution in [0.25, 0.3) is 0 Å². The molecule has 2 rings (SSSR count). The van der Waals surface area contributed by atoms with Gasteiger partial charge in [0.2, 0.25) is 0 Å². The largest absolute Gasteiger partial charge is 0.316 e. The van der Waals surface area contributed by atoms with Crippen molar-refractivity contribution in [2.24, 2.45) is 5.92 Å². The molecule has 1 aliphatic heterocycles. The van der Waals surface area contributed by atoms with Crippen molar-refractivity contribution >= 4 is 0 Å². The lowest BCUT2D eigenvalue weighted by atomic mass is 9.79. The summed E-state index contributed by atoms with van der Waals surface area (Å²) < 4.78 is 0. The summed E-state index contributed by atoms with van der Waals surface area (Å²) in [6.07, 6.45) is 3.72. The lowest BCUT2D eigenvalue weighted by Crippen LogP contribution is -2.35. The molecule has 1 N–H and O–H groups in total. The van der Waals surface area contributed by atoms with Gasteiger partial charge in [-0.15, -0.1) is 0 Å². The van der Waals surface area contributed by atoms with E-state index in [-0.39, 0.29) is 0 Å². The fraction of sp³-hybridized carbons (Fsp3) is 0.600. The van der Waals surface area contributed by atoms with Gasteiger partial charge in [-0.3, -0.25) is 0 Å². The summed E-state index contributed by atoms with van der Waals surface area (Å²) in [5.41, 5.74) is 3.00. The molecule has 2 unspecified atom stereocenters. The summed E-state index contributed by atoms with van der Waals surface area (Å²) in [4.78, 5) is 0. The van der Waals surface area contributed by atoms with Crippen LogP contribution in [0, 0.1) is 5.92 Å². The lowest BCUT2D eigenvalue weighted by molar-refractivity contribution is 0.318. The normalized spacial score (nSPS) is 25.6. The Morgan fingerprint density at radius 2 is 1.94 bits per heavy atom. The first kappa shape index (κ1) is 11.7. The summed E-state index contributed by atoms with van der Waals surface area (Å²) in [5.74, 6) is 1.60. The Hall–Kier alpha value is -0.820. The van der Waals surface area contributed by atoms with E-state index in [2.05, 4.69) is 43.4 Å². The van der Waals surface area contributed by atoms with Crippen molar-refractivity contribution in [2.45, 2.75) is 39.0 Å². The van der Waals surface area contributed by atoms with E-state index in [1.807, 2.05) is 0 Å². The summed E-state index contributed by atoms with van der Waals surface area (Å²) in [7, 11) is 0. The molecule has 0 radical (unpaired) electrons. The third-order valence-electron chi connectivity index (χ3n) is 3.95. The number of hydrogen-bond donors (Lipinski definition) is 1. The third-order valence-corrected chi connectivity index (χ3v) is 3.95. The Labute approximate surface area is 99.3 Å². The number of piperidine rings is 1. The van der Waals surface area contributed by atoms with Gasteiger partial charge in [-0.25, -0.2) is 0 Å². The van der Waals surface area contributed by atoms with Crippen molar-refractivity contribution in [1.82, 2.24) is 5.32 Å². The first-order valence-electron chi connectivity index (χ1n) is 6.64. The van der Waals surface area contributed by atoms with Crippen molar-refractivity contribution in [3.63, 3.8) is 0 Å². The molecule has 88 valence electrons. The predicted octanol–water partition coefficient (Wildman–Crippen LogP) is 3.35. The minimum atomic E-state index is 0.775. The zero-order valence-electron chi connectivity index (χ0n) is 10.5. The van der Waals surface area contributed by atoms with Crippen LogP contribution in [0.3, 0.4) is 0 Å².